The molecule has 120 valence electrons. The zero-order chi connectivity index (χ0) is 15.3. The largest absolute Gasteiger partial charge is 0.378 e. The van der Waals surface area contributed by atoms with E-state index in [4.69, 9.17) is 4.74 Å². The Balaban J connectivity index is 1.87. The molecule has 2 atom stereocenters. The fraction of sp³-hybridized carbons (Fsp3) is 0.875. The number of amides is 2. The predicted molar refractivity (Wildman–Crippen MR) is 80.8 cm³/mol. The molecule has 0 radical (unpaired) electrons. The minimum absolute atomic E-state index is 0.0818. The van der Waals surface area contributed by atoms with Crippen LogP contribution in [0, 0.1) is 5.41 Å². The summed E-state index contributed by atoms with van der Waals surface area (Å²) in [5.74, 6) is -0.167. The Morgan fingerprint density at radius 1 is 1.14 bits per heavy atom. The molecule has 5 nitrogen and oxygen atoms in total. The van der Waals surface area contributed by atoms with Crippen LogP contribution in [0.25, 0.3) is 0 Å². The lowest BCUT2D eigenvalue weighted by Gasteiger charge is -2.57. The molecule has 0 aromatic heterocycles. The molecule has 21 heavy (non-hydrogen) atoms. The second kappa shape index (κ2) is 7.25. The molecule has 2 amide bonds. The number of rotatable bonds is 6. The summed E-state index contributed by atoms with van der Waals surface area (Å²) in [5.41, 5.74) is 0.138. The molecule has 2 saturated carbocycles. The van der Waals surface area contributed by atoms with Crippen LogP contribution < -0.4 is 10.6 Å². The van der Waals surface area contributed by atoms with Crippen LogP contribution in [0.15, 0.2) is 0 Å². The minimum Gasteiger partial charge on any atom is -0.378 e. The van der Waals surface area contributed by atoms with E-state index in [-0.39, 0.29) is 29.8 Å². The third-order valence-corrected chi connectivity index (χ3v) is 5.04. The summed E-state index contributed by atoms with van der Waals surface area (Å²) in [5, 5.41) is 5.74. The van der Waals surface area contributed by atoms with Crippen molar-refractivity contribution in [2.45, 2.75) is 70.9 Å². The van der Waals surface area contributed by atoms with Crippen LogP contribution in [0.4, 0.5) is 0 Å². The Kier molecular flexibility index (Phi) is 5.62. The van der Waals surface area contributed by atoms with Crippen LogP contribution in [-0.4, -0.2) is 37.1 Å². The summed E-state index contributed by atoms with van der Waals surface area (Å²) in [6.07, 6.45) is 7.62. The van der Waals surface area contributed by atoms with Gasteiger partial charge in [-0.1, -0.05) is 26.2 Å². The van der Waals surface area contributed by atoms with Crippen LogP contribution in [0.1, 0.15) is 58.8 Å². The van der Waals surface area contributed by atoms with Gasteiger partial charge < -0.3 is 15.4 Å². The van der Waals surface area contributed by atoms with Gasteiger partial charge in [-0.2, -0.15) is 0 Å². The van der Waals surface area contributed by atoms with Crippen molar-refractivity contribution in [2.75, 3.05) is 13.2 Å². The third-order valence-electron chi connectivity index (χ3n) is 5.04. The molecular weight excluding hydrogens is 268 g/mol. The minimum atomic E-state index is -0.0849. The summed E-state index contributed by atoms with van der Waals surface area (Å²) in [6.45, 7) is 4.63. The van der Waals surface area contributed by atoms with Gasteiger partial charge in [0.25, 0.3) is 0 Å². The van der Waals surface area contributed by atoms with Gasteiger partial charge >= 0.3 is 0 Å². The zero-order valence-electron chi connectivity index (χ0n) is 13.2. The molecule has 0 aromatic rings. The molecule has 1 spiro atoms. The molecule has 0 aromatic carbocycles. The molecule has 2 fully saturated rings. The van der Waals surface area contributed by atoms with Gasteiger partial charge in [0, 0.05) is 24.5 Å². The quantitative estimate of drug-likeness (QED) is 0.785. The van der Waals surface area contributed by atoms with E-state index >= 15 is 0 Å². The molecular formula is C16H28N2O3. The molecule has 2 N–H and O–H groups in total. The van der Waals surface area contributed by atoms with E-state index in [0.717, 1.165) is 25.9 Å². The summed E-state index contributed by atoms with van der Waals surface area (Å²) >= 11 is 0. The molecule has 5 heteroatoms. The van der Waals surface area contributed by atoms with E-state index in [2.05, 4.69) is 10.6 Å². The smallest absolute Gasteiger partial charge is 0.239 e. The molecule has 0 aliphatic heterocycles. The van der Waals surface area contributed by atoms with Gasteiger partial charge in [0.1, 0.15) is 0 Å². The molecule has 2 aliphatic rings. The first-order valence-electron chi connectivity index (χ1n) is 8.30. The van der Waals surface area contributed by atoms with Crippen molar-refractivity contribution < 1.29 is 14.3 Å². The van der Waals surface area contributed by atoms with E-state index in [0.29, 0.717) is 12.5 Å². The second-order valence-electron chi connectivity index (χ2n) is 6.22. The molecule has 0 saturated heterocycles. The second-order valence-corrected chi connectivity index (χ2v) is 6.22. The topological polar surface area (TPSA) is 67.4 Å². The summed E-state index contributed by atoms with van der Waals surface area (Å²) in [7, 11) is 0. The maximum atomic E-state index is 12.0. The van der Waals surface area contributed by atoms with E-state index in [1.165, 1.54) is 19.3 Å². The van der Waals surface area contributed by atoms with E-state index < -0.39 is 0 Å². The number of hydrogen-bond donors (Lipinski definition) is 2. The molecule has 0 bridgehead atoms. The van der Waals surface area contributed by atoms with Crippen molar-refractivity contribution in [3.8, 4) is 0 Å². The highest BCUT2D eigenvalue weighted by Crippen LogP contribution is 2.53. The lowest BCUT2D eigenvalue weighted by atomic mass is 9.55. The van der Waals surface area contributed by atoms with E-state index in [1.807, 2.05) is 6.92 Å². The van der Waals surface area contributed by atoms with Gasteiger partial charge in [0.05, 0.1) is 12.6 Å². The van der Waals surface area contributed by atoms with Crippen molar-refractivity contribution in [1.82, 2.24) is 10.6 Å². The van der Waals surface area contributed by atoms with Gasteiger partial charge in [0.2, 0.25) is 11.8 Å². The van der Waals surface area contributed by atoms with Crippen LogP contribution in [0.5, 0.6) is 0 Å². The zero-order valence-corrected chi connectivity index (χ0v) is 13.2. The normalized spacial score (nSPS) is 27.0. The van der Waals surface area contributed by atoms with Gasteiger partial charge in [0.15, 0.2) is 0 Å². The van der Waals surface area contributed by atoms with Crippen molar-refractivity contribution in [1.29, 1.82) is 0 Å². The Morgan fingerprint density at radius 2 is 1.86 bits per heavy atom. The first kappa shape index (κ1) is 16.3. The molecule has 2 rings (SSSR count). The van der Waals surface area contributed by atoms with E-state index in [1.54, 1.807) is 6.92 Å². The highest BCUT2D eigenvalue weighted by molar-refractivity contribution is 5.84. The summed E-state index contributed by atoms with van der Waals surface area (Å²) in [4.78, 5) is 23.2. The number of carbonyl (C=O) groups is 2. The predicted octanol–water partition coefficient (Wildman–Crippen LogP) is 1.76. The Bertz CT molecular complexity index is 378. The van der Waals surface area contributed by atoms with Crippen LogP contribution >= 0.6 is 0 Å². The van der Waals surface area contributed by atoms with Crippen molar-refractivity contribution in [3.05, 3.63) is 0 Å². The van der Waals surface area contributed by atoms with Gasteiger partial charge in [-0.15, -0.1) is 0 Å². The lowest BCUT2D eigenvalue weighted by Crippen LogP contribution is -2.66. The van der Waals surface area contributed by atoms with Crippen molar-refractivity contribution in [2.24, 2.45) is 5.41 Å². The highest BCUT2D eigenvalue weighted by atomic mass is 16.5. The van der Waals surface area contributed by atoms with Crippen molar-refractivity contribution in [3.63, 3.8) is 0 Å². The Morgan fingerprint density at radius 3 is 2.48 bits per heavy atom. The van der Waals surface area contributed by atoms with Gasteiger partial charge in [-0.05, 0) is 26.2 Å². The van der Waals surface area contributed by atoms with E-state index in [9.17, 15) is 9.59 Å². The maximum absolute atomic E-state index is 12.0. The van der Waals surface area contributed by atoms with Crippen LogP contribution in [-0.2, 0) is 14.3 Å². The van der Waals surface area contributed by atoms with Gasteiger partial charge in [-0.25, -0.2) is 0 Å². The molecule has 2 aliphatic carbocycles. The first-order valence-corrected chi connectivity index (χ1v) is 8.30. The summed E-state index contributed by atoms with van der Waals surface area (Å²) in [6, 6.07) is 0.209. The number of nitrogens with one attached hydrogen (secondary N) is 2. The number of ether oxygens (including phenoxy) is 1. The SMILES string of the molecule is CCO[C@H]1C[C@@H](NC(=O)CNC(=O)CC)C12CCCCC2. The van der Waals surface area contributed by atoms with Crippen molar-refractivity contribution >= 4 is 11.8 Å². The third kappa shape index (κ3) is 3.57. The Hall–Kier alpha value is -1.10. The average Bonchev–Trinajstić information content (AvgIpc) is 2.52. The summed E-state index contributed by atoms with van der Waals surface area (Å²) < 4.78 is 5.88. The fourth-order valence-corrected chi connectivity index (χ4v) is 3.81. The number of carbonyl (C=O) groups excluding carboxylic acids is 2. The monoisotopic (exact) mass is 296 g/mol. The lowest BCUT2D eigenvalue weighted by molar-refractivity contribution is -0.156. The highest BCUT2D eigenvalue weighted by Gasteiger charge is 2.55. The average molecular weight is 296 g/mol. The number of hydrogen-bond acceptors (Lipinski definition) is 3. The molecule has 0 heterocycles. The standard InChI is InChI=1S/C16H28N2O3/c1-3-14(19)17-11-15(20)18-12-10-13(21-4-2)16(12)8-6-5-7-9-16/h12-13H,3-11H2,1-2H3,(H,17,19)(H,18,20)/t12-,13+/m1/s1. The van der Waals surface area contributed by atoms with Crippen LogP contribution in [0.2, 0.25) is 0 Å². The van der Waals surface area contributed by atoms with Crippen LogP contribution in [0.3, 0.4) is 0 Å². The maximum Gasteiger partial charge on any atom is 0.239 e. The fourth-order valence-electron chi connectivity index (χ4n) is 3.81. The Labute approximate surface area is 127 Å². The molecule has 0 unspecified atom stereocenters. The van der Waals surface area contributed by atoms with Gasteiger partial charge in [-0.3, -0.25) is 9.59 Å². The first-order chi connectivity index (χ1) is 10.1.